The number of carbonyl (C=O) groups excluding carboxylic acids is 1. The van der Waals surface area contributed by atoms with Gasteiger partial charge in [0.1, 0.15) is 18.2 Å². The molecule has 0 saturated heterocycles. The number of fused-ring (bicyclic) bond motifs is 1. The van der Waals surface area contributed by atoms with Crippen molar-refractivity contribution in [3.05, 3.63) is 62.9 Å². The number of benzene rings is 1. The van der Waals surface area contributed by atoms with E-state index in [1.165, 1.54) is 28.5 Å². The Bertz CT molecular complexity index is 1080. The Morgan fingerprint density at radius 2 is 2.13 bits per heavy atom. The second kappa shape index (κ2) is 7.96. The van der Waals surface area contributed by atoms with Crippen LogP contribution in [0.5, 0.6) is 5.75 Å². The summed E-state index contributed by atoms with van der Waals surface area (Å²) in [6, 6.07) is 6.75. The van der Waals surface area contributed by atoms with Gasteiger partial charge in [0.05, 0.1) is 11.1 Å². The molecule has 1 aromatic carbocycles. The molecule has 0 saturated carbocycles. The van der Waals surface area contributed by atoms with Gasteiger partial charge in [0.15, 0.2) is 6.04 Å². The van der Waals surface area contributed by atoms with E-state index in [0.29, 0.717) is 15.6 Å². The van der Waals surface area contributed by atoms with Gasteiger partial charge in [0.2, 0.25) is 0 Å². The standard InChI is InChI=1S/C20H17ClF3N3O2S/c1-12-8-14(2-3-15(12)21)29-10-13-9-16(30-11-13)19(28)26-7-5-17(20(22,23)24)27-18(26)4-6-25-27/h2-4,6,8-9,11,17H,5,7,10H2,1H3. The number of hydrogen-bond donors (Lipinski definition) is 0. The number of thiophene rings is 1. The largest absolute Gasteiger partial charge is 0.489 e. The third-order valence-corrected chi connectivity index (χ3v) is 6.26. The average Bonchev–Trinajstić information content (AvgIpc) is 3.36. The third kappa shape index (κ3) is 4.04. The number of aromatic nitrogens is 2. The Morgan fingerprint density at radius 1 is 1.33 bits per heavy atom. The lowest BCUT2D eigenvalue weighted by Gasteiger charge is -2.33. The van der Waals surface area contributed by atoms with Crippen molar-refractivity contribution in [1.29, 1.82) is 0 Å². The van der Waals surface area contributed by atoms with Gasteiger partial charge >= 0.3 is 6.18 Å². The smallest absolute Gasteiger partial charge is 0.410 e. The molecular formula is C20H17ClF3N3O2S. The van der Waals surface area contributed by atoms with Gasteiger partial charge in [-0.1, -0.05) is 11.6 Å². The van der Waals surface area contributed by atoms with E-state index >= 15 is 0 Å². The Balaban J connectivity index is 1.47. The van der Waals surface area contributed by atoms with Crippen LogP contribution in [-0.2, 0) is 6.61 Å². The summed E-state index contributed by atoms with van der Waals surface area (Å²) < 4.78 is 46.3. The molecule has 5 nitrogen and oxygen atoms in total. The monoisotopic (exact) mass is 455 g/mol. The summed E-state index contributed by atoms with van der Waals surface area (Å²) in [6.45, 7) is 2.12. The minimum absolute atomic E-state index is 0.0253. The van der Waals surface area contributed by atoms with E-state index in [0.717, 1.165) is 15.8 Å². The fourth-order valence-electron chi connectivity index (χ4n) is 3.33. The van der Waals surface area contributed by atoms with Crippen molar-refractivity contribution in [1.82, 2.24) is 9.78 Å². The molecule has 4 rings (SSSR count). The van der Waals surface area contributed by atoms with Crippen LogP contribution in [0.3, 0.4) is 0 Å². The highest BCUT2D eigenvalue weighted by atomic mass is 35.5. The topological polar surface area (TPSA) is 47.4 Å². The van der Waals surface area contributed by atoms with Crippen molar-refractivity contribution >= 4 is 34.7 Å². The second-order valence-electron chi connectivity index (χ2n) is 6.96. The van der Waals surface area contributed by atoms with Crippen molar-refractivity contribution in [3.63, 3.8) is 0 Å². The Morgan fingerprint density at radius 3 is 2.87 bits per heavy atom. The minimum atomic E-state index is -4.41. The van der Waals surface area contributed by atoms with Crippen LogP contribution in [0, 0.1) is 6.92 Å². The maximum absolute atomic E-state index is 13.2. The van der Waals surface area contributed by atoms with E-state index in [1.807, 2.05) is 13.0 Å². The molecule has 2 aromatic heterocycles. The number of nitrogens with zero attached hydrogens (tertiary/aromatic N) is 3. The Hall–Kier alpha value is -2.52. The molecule has 0 N–H and O–H groups in total. The number of ether oxygens (including phenoxy) is 1. The molecule has 3 heterocycles. The van der Waals surface area contributed by atoms with E-state index in [2.05, 4.69) is 5.10 Å². The maximum Gasteiger partial charge on any atom is 0.410 e. The molecule has 0 aliphatic carbocycles. The van der Waals surface area contributed by atoms with Gasteiger partial charge in [-0.15, -0.1) is 11.3 Å². The molecule has 0 spiro atoms. The molecule has 1 aliphatic heterocycles. The average molecular weight is 456 g/mol. The SMILES string of the molecule is Cc1cc(OCc2csc(C(=O)N3CCC(C(F)(F)F)n4nccc43)c2)ccc1Cl. The lowest BCUT2D eigenvalue weighted by Crippen LogP contribution is -2.42. The predicted molar refractivity (Wildman–Crippen MR) is 108 cm³/mol. The molecule has 3 aromatic rings. The fraction of sp³-hybridized carbons (Fsp3) is 0.300. The highest BCUT2D eigenvalue weighted by Crippen LogP contribution is 2.39. The van der Waals surface area contributed by atoms with Crippen LogP contribution in [0.15, 0.2) is 41.9 Å². The van der Waals surface area contributed by atoms with Crippen molar-refractivity contribution in [3.8, 4) is 5.75 Å². The molecule has 1 amide bonds. The molecule has 1 atom stereocenters. The van der Waals surface area contributed by atoms with Gasteiger partial charge in [-0.3, -0.25) is 9.69 Å². The van der Waals surface area contributed by atoms with Gasteiger partial charge in [0.25, 0.3) is 5.91 Å². The van der Waals surface area contributed by atoms with E-state index in [1.54, 1.807) is 23.6 Å². The van der Waals surface area contributed by atoms with E-state index in [4.69, 9.17) is 16.3 Å². The van der Waals surface area contributed by atoms with Crippen molar-refractivity contribution in [2.45, 2.75) is 32.2 Å². The van der Waals surface area contributed by atoms with Crippen LogP contribution in [0.25, 0.3) is 0 Å². The van der Waals surface area contributed by atoms with E-state index in [9.17, 15) is 18.0 Å². The zero-order valence-corrected chi connectivity index (χ0v) is 17.4. The van der Waals surface area contributed by atoms with Crippen LogP contribution < -0.4 is 9.64 Å². The van der Waals surface area contributed by atoms with E-state index in [-0.39, 0.29) is 31.3 Å². The molecule has 30 heavy (non-hydrogen) atoms. The Labute approximate surface area is 179 Å². The molecule has 0 fully saturated rings. The zero-order valence-electron chi connectivity index (χ0n) is 15.8. The number of alkyl halides is 3. The lowest BCUT2D eigenvalue weighted by molar-refractivity contribution is -0.172. The quantitative estimate of drug-likeness (QED) is 0.511. The van der Waals surface area contributed by atoms with E-state index < -0.39 is 12.2 Å². The van der Waals surface area contributed by atoms with Crippen LogP contribution in [0.1, 0.15) is 33.3 Å². The first-order valence-electron chi connectivity index (χ1n) is 9.12. The minimum Gasteiger partial charge on any atom is -0.489 e. The zero-order chi connectivity index (χ0) is 21.5. The third-order valence-electron chi connectivity index (χ3n) is 4.87. The van der Waals surface area contributed by atoms with Gasteiger partial charge in [-0.25, -0.2) is 4.68 Å². The highest BCUT2D eigenvalue weighted by molar-refractivity contribution is 7.12. The Kier molecular flexibility index (Phi) is 5.50. The molecule has 0 radical (unpaired) electrons. The number of halogens is 4. The summed E-state index contributed by atoms with van der Waals surface area (Å²) in [5, 5.41) is 6.24. The number of rotatable bonds is 4. The first kappa shape index (κ1) is 20.7. The summed E-state index contributed by atoms with van der Waals surface area (Å²) in [7, 11) is 0. The van der Waals surface area contributed by atoms with Crippen LogP contribution >= 0.6 is 22.9 Å². The van der Waals surface area contributed by atoms with Crippen LogP contribution in [0.2, 0.25) is 5.02 Å². The number of carbonyl (C=O) groups is 1. The lowest BCUT2D eigenvalue weighted by atomic mass is 10.1. The second-order valence-corrected chi connectivity index (χ2v) is 8.27. The number of aryl methyl sites for hydroxylation is 1. The molecule has 0 bridgehead atoms. The molecular weight excluding hydrogens is 439 g/mol. The van der Waals surface area contributed by atoms with Crippen LogP contribution in [-0.4, -0.2) is 28.4 Å². The first-order chi connectivity index (χ1) is 14.2. The number of amides is 1. The highest BCUT2D eigenvalue weighted by Gasteiger charge is 2.45. The normalized spacial score (nSPS) is 16.4. The summed E-state index contributed by atoms with van der Waals surface area (Å²) >= 11 is 7.24. The van der Waals surface area contributed by atoms with Crippen molar-refractivity contribution < 1.29 is 22.7 Å². The maximum atomic E-state index is 13.2. The van der Waals surface area contributed by atoms with Gasteiger partial charge in [-0.05, 0) is 48.6 Å². The number of hydrogen-bond acceptors (Lipinski definition) is 4. The van der Waals surface area contributed by atoms with Crippen molar-refractivity contribution in [2.75, 3.05) is 11.4 Å². The summed E-state index contributed by atoms with van der Waals surface area (Å²) in [5.74, 6) is 0.460. The summed E-state index contributed by atoms with van der Waals surface area (Å²) in [6.07, 6.45) is -3.37. The van der Waals surface area contributed by atoms with Gasteiger partial charge < -0.3 is 4.74 Å². The fourth-order valence-corrected chi connectivity index (χ4v) is 4.29. The van der Waals surface area contributed by atoms with Crippen LogP contribution in [0.4, 0.5) is 19.0 Å². The summed E-state index contributed by atoms with van der Waals surface area (Å²) in [4.78, 5) is 14.7. The van der Waals surface area contributed by atoms with Gasteiger partial charge in [-0.2, -0.15) is 18.3 Å². The number of anilines is 1. The molecule has 158 valence electrons. The predicted octanol–water partition coefficient (Wildman–Crippen LogP) is 5.64. The van der Waals surface area contributed by atoms with Gasteiger partial charge in [0, 0.05) is 23.2 Å². The summed E-state index contributed by atoms with van der Waals surface area (Å²) in [5.41, 5.74) is 1.70. The molecule has 1 aliphatic rings. The molecule has 10 heteroatoms. The van der Waals surface area contributed by atoms with Crippen molar-refractivity contribution in [2.24, 2.45) is 0 Å². The first-order valence-corrected chi connectivity index (χ1v) is 10.4. The molecule has 1 unspecified atom stereocenters.